The maximum Gasteiger partial charge on any atom is 0.250 e. The molecule has 108 valence electrons. The number of anilines is 1. The normalized spacial score (nSPS) is 10.8. The number of ketones is 1. The molecule has 0 atom stereocenters. The summed E-state index contributed by atoms with van der Waals surface area (Å²) in [5.41, 5.74) is 1.32. The highest BCUT2D eigenvalue weighted by atomic mass is 32.1. The van der Waals surface area contributed by atoms with Crippen LogP contribution in [0.15, 0.2) is 30.3 Å². The standard InChI is InChI=1S/C15H13FN2O2S/c1-9-14(10(2)19)21-15(17-9)18-13(20)8-5-11-3-6-12(16)7-4-11/h3-8H,1-2H3,(H,17,18,20). The molecule has 0 radical (unpaired) electrons. The van der Waals surface area contributed by atoms with Crippen LogP contribution in [-0.4, -0.2) is 16.7 Å². The summed E-state index contributed by atoms with van der Waals surface area (Å²) in [6, 6.07) is 5.78. The predicted octanol–water partition coefficient (Wildman–Crippen LogP) is 3.45. The van der Waals surface area contributed by atoms with E-state index in [9.17, 15) is 14.0 Å². The summed E-state index contributed by atoms with van der Waals surface area (Å²) in [6.07, 6.45) is 2.90. The number of aryl methyl sites for hydroxylation is 1. The quantitative estimate of drug-likeness (QED) is 0.695. The lowest BCUT2D eigenvalue weighted by molar-refractivity contribution is -0.111. The van der Waals surface area contributed by atoms with Crippen LogP contribution in [-0.2, 0) is 4.79 Å². The Balaban J connectivity index is 2.03. The van der Waals surface area contributed by atoms with Crippen LogP contribution >= 0.6 is 11.3 Å². The van der Waals surface area contributed by atoms with Gasteiger partial charge in [0, 0.05) is 13.0 Å². The van der Waals surface area contributed by atoms with Gasteiger partial charge in [-0.05, 0) is 30.7 Å². The number of carbonyl (C=O) groups excluding carboxylic acids is 2. The van der Waals surface area contributed by atoms with Crippen LogP contribution in [0, 0.1) is 12.7 Å². The first-order chi connectivity index (χ1) is 9.95. The molecule has 4 nitrogen and oxygen atoms in total. The number of halogens is 1. The van der Waals surface area contributed by atoms with Crippen LogP contribution in [0.1, 0.15) is 27.9 Å². The molecular formula is C15H13FN2O2S. The molecule has 21 heavy (non-hydrogen) atoms. The molecule has 1 amide bonds. The fraction of sp³-hybridized carbons (Fsp3) is 0.133. The summed E-state index contributed by atoms with van der Waals surface area (Å²) in [6.45, 7) is 3.18. The van der Waals surface area contributed by atoms with E-state index in [2.05, 4.69) is 10.3 Å². The number of aromatic nitrogens is 1. The lowest BCUT2D eigenvalue weighted by atomic mass is 10.2. The van der Waals surface area contributed by atoms with E-state index in [-0.39, 0.29) is 17.5 Å². The molecule has 0 fully saturated rings. The molecule has 1 aromatic carbocycles. The molecule has 0 aliphatic rings. The van der Waals surface area contributed by atoms with Gasteiger partial charge in [0.25, 0.3) is 0 Å². The minimum atomic E-state index is -0.358. The number of benzene rings is 1. The highest BCUT2D eigenvalue weighted by Gasteiger charge is 2.12. The van der Waals surface area contributed by atoms with Crippen LogP contribution in [0.4, 0.5) is 9.52 Å². The van der Waals surface area contributed by atoms with E-state index < -0.39 is 0 Å². The first kappa shape index (κ1) is 15.1. The molecule has 2 rings (SSSR count). The van der Waals surface area contributed by atoms with Crippen molar-refractivity contribution < 1.29 is 14.0 Å². The summed E-state index contributed by atoms with van der Waals surface area (Å²) >= 11 is 1.14. The zero-order chi connectivity index (χ0) is 15.4. The highest BCUT2D eigenvalue weighted by Crippen LogP contribution is 2.22. The molecule has 6 heteroatoms. The van der Waals surface area contributed by atoms with Crippen molar-refractivity contribution in [2.45, 2.75) is 13.8 Å². The van der Waals surface area contributed by atoms with Crippen molar-refractivity contribution in [2.75, 3.05) is 5.32 Å². The Hall–Kier alpha value is -2.34. The molecule has 1 heterocycles. The van der Waals surface area contributed by atoms with Crippen LogP contribution in [0.5, 0.6) is 0 Å². The molecule has 1 N–H and O–H groups in total. The van der Waals surface area contributed by atoms with Gasteiger partial charge in [0.15, 0.2) is 10.9 Å². The fourth-order valence-electron chi connectivity index (χ4n) is 1.67. The van der Waals surface area contributed by atoms with Gasteiger partial charge in [-0.15, -0.1) is 0 Å². The Bertz CT molecular complexity index is 705. The van der Waals surface area contributed by atoms with Crippen molar-refractivity contribution in [1.29, 1.82) is 0 Å². The zero-order valence-corrected chi connectivity index (χ0v) is 12.3. The SMILES string of the molecule is CC(=O)c1sc(NC(=O)C=Cc2ccc(F)cc2)nc1C. The molecule has 2 aromatic rings. The molecule has 0 spiro atoms. The van der Waals surface area contributed by atoms with E-state index in [4.69, 9.17) is 0 Å². The van der Waals surface area contributed by atoms with Gasteiger partial charge >= 0.3 is 0 Å². The average Bonchev–Trinajstić information content (AvgIpc) is 2.79. The number of nitrogens with one attached hydrogen (secondary N) is 1. The first-order valence-electron chi connectivity index (χ1n) is 6.18. The van der Waals surface area contributed by atoms with E-state index in [1.54, 1.807) is 25.1 Å². The van der Waals surface area contributed by atoms with Gasteiger partial charge in [0.05, 0.1) is 10.6 Å². The molecule has 0 saturated carbocycles. The number of hydrogen-bond acceptors (Lipinski definition) is 4. The van der Waals surface area contributed by atoms with Crippen molar-refractivity contribution in [2.24, 2.45) is 0 Å². The van der Waals surface area contributed by atoms with Crippen LogP contribution in [0.3, 0.4) is 0 Å². The molecule has 0 unspecified atom stereocenters. The van der Waals surface area contributed by atoms with Crippen molar-refractivity contribution in [3.05, 3.63) is 52.3 Å². The van der Waals surface area contributed by atoms with Gasteiger partial charge in [0.1, 0.15) is 5.82 Å². The Morgan fingerprint density at radius 2 is 1.95 bits per heavy atom. The molecule has 0 aliphatic carbocycles. The number of nitrogens with zero attached hydrogens (tertiary/aromatic N) is 1. The molecule has 0 saturated heterocycles. The minimum Gasteiger partial charge on any atom is -0.298 e. The van der Waals surface area contributed by atoms with Gasteiger partial charge < -0.3 is 0 Å². The second-order valence-electron chi connectivity index (χ2n) is 4.36. The molecule has 0 aliphatic heterocycles. The van der Waals surface area contributed by atoms with Crippen LogP contribution < -0.4 is 5.32 Å². The van der Waals surface area contributed by atoms with Gasteiger partial charge in [-0.3, -0.25) is 14.9 Å². The van der Waals surface area contributed by atoms with Crippen LogP contribution in [0.2, 0.25) is 0 Å². The number of amides is 1. The summed E-state index contributed by atoms with van der Waals surface area (Å²) in [5, 5.41) is 2.98. The predicted molar refractivity (Wildman–Crippen MR) is 80.9 cm³/mol. The third-order valence-corrected chi connectivity index (χ3v) is 3.82. The lowest BCUT2D eigenvalue weighted by Gasteiger charge is -1.96. The maximum atomic E-state index is 12.7. The van der Waals surface area contributed by atoms with Crippen molar-refractivity contribution in [3.8, 4) is 0 Å². The summed E-state index contributed by atoms with van der Waals surface area (Å²) in [7, 11) is 0. The molecule has 1 aromatic heterocycles. The number of hydrogen-bond donors (Lipinski definition) is 1. The third-order valence-electron chi connectivity index (χ3n) is 2.64. The number of carbonyl (C=O) groups is 2. The van der Waals surface area contributed by atoms with E-state index in [0.29, 0.717) is 21.3 Å². The molecular weight excluding hydrogens is 291 g/mol. The Labute approximate surface area is 125 Å². The van der Waals surface area contributed by atoms with Crippen LogP contribution in [0.25, 0.3) is 6.08 Å². The van der Waals surface area contributed by atoms with Crippen molar-refractivity contribution in [3.63, 3.8) is 0 Å². The van der Waals surface area contributed by atoms with Gasteiger partial charge in [-0.1, -0.05) is 23.5 Å². The summed E-state index contributed by atoms with van der Waals surface area (Å²) in [5.74, 6) is -0.762. The second kappa shape index (κ2) is 6.41. The Morgan fingerprint density at radius 1 is 1.29 bits per heavy atom. The summed E-state index contributed by atoms with van der Waals surface area (Å²) in [4.78, 5) is 27.7. The second-order valence-corrected chi connectivity index (χ2v) is 5.36. The topological polar surface area (TPSA) is 59.1 Å². The number of thiazole rings is 1. The van der Waals surface area contributed by atoms with Crippen molar-refractivity contribution >= 4 is 34.2 Å². The fourth-order valence-corrected chi connectivity index (χ4v) is 2.53. The largest absolute Gasteiger partial charge is 0.298 e. The monoisotopic (exact) mass is 304 g/mol. The first-order valence-corrected chi connectivity index (χ1v) is 7.00. The van der Waals surface area contributed by atoms with E-state index in [1.807, 2.05) is 0 Å². The Morgan fingerprint density at radius 3 is 2.52 bits per heavy atom. The van der Waals surface area contributed by atoms with Gasteiger partial charge in [-0.2, -0.15) is 0 Å². The lowest BCUT2D eigenvalue weighted by Crippen LogP contribution is -2.07. The average molecular weight is 304 g/mol. The van der Waals surface area contributed by atoms with Gasteiger partial charge in [0.2, 0.25) is 5.91 Å². The number of rotatable bonds is 4. The number of Topliss-reactive ketones (excluding diaryl/α,β-unsaturated/α-hetero) is 1. The minimum absolute atomic E-state index is 0.0765. The maximum absolute atomic E-state index is 12.7. The zero-order valence-electron chi connectivity index (χ0n) is 11.5. The third kappa shape index (κ3) is 4.06. The summed E-state index contributed by atoms with van der Waals surface area (Å²) < 4.78 is 12.7. The van der Waals surface area contributed by atoms with E-state index in [0.717, 1.165) is 11.3 Å². The van der Waals surface area contributed by atoms with E-state index in [1.165, 1.54) is 25.1 Å². The smallest absolute Gasteiger partial charge is 0.250 e. The molecule has 0 bridgehead atoms. The van der Waals surface area contributed by atoms with E-state index >= 15 is 0 Å². The van der Waals surface area contributed by atoms with Gasteiger partial charge in [-0.25, -0.2) is 9.37 Å². The highest BCUT2D eigenvalue weighted by molar-refractivity contribution is 7.17. The Kier molecular flexibility index (Phi) is 4.59. The van der Waals surface area contributed by atoms with Crippen molar-refractivity contribution in [1.82, 2.24) is 4.98 Å².